The molecule has 0 aromatic carbocycles. The van der Waals surface area contributed by atoms with Crippen LogP contribution in [0.5, 0.6) is 0 Å². The van der Waals surface area contributed by atoms with E-state index in [9.17, 15) is 4.79 Å². The van der Waals surface area contributed by atoms with E-state index in [2.05, 4.69) is 10.6 Å². The molecule has 0 radical (unpaired) electrons. The Labute approximate surface area is 59.2 Å². The molecule has 1 aliphatic rings. The average Bonchev–Trinajstić information content (AvgIpc) is 2.38. The van der Waals surface area contributed by atoms with Gasteiger partial charge in [-0.25, -0.2) is 0 Å². The number of carbonyl (C=O) groups excluding carboxylic acids is 1. The van der Waals surface area contributed by atoms with Gasteiger partial charge in [-0.05, 0) is 6.92 Å². The number of ether oxygens (including phenoxy) is 1. The van der Waals surface area contributed by atoms with Crippen molar-refractivity contribution >= 4 is 5.91 Å². The molecular formula is C6H10N2O2. The highest BCUT2D eigenvalue weighted by atomic mass is 16.5. The fourth-order valence-corrected chi connectivity index (χ4v) is 0.676. The SMILES string of the molecule is CCNC(=O)C1=COCN1. The van der Waals surface area contributed by atoms with Gasteiger partial charge in [0.2, 0.25) is 0 Å². The van der Waals surface area contributed by atoms with Crippen LogP contribution >= 0.6 is 0 Å². The van der Waals surface area contributed by atoms with Crippen molar-refractivity contribution in [2.24, 2.45) is 0 Å². The van der Waals surface area contributed by atoms with Crippen LogP contribution in [-0.2, 0) is 9.53 Å². The standard InChI is InChI=1S/C6H10N2O2/c1-2-7-6(9)5-3-10-4-8-5/h3,8H,2,4H2,1H3,(H,7,9). The Balaban J connectivity index is 2.40. The zero-order valence-electron chi connectivity index (χ0n) is 5.81. The van der Waals surface area contributed by atoms with Crippen LogP contribution in [0.4, 0.5) is 0 Å². The number of likely N-dealkylation sites (N-methyl/N-ethyl adjacent to an activating group) is 1. The van der Waals surface area contributed by atoms with E-state index in [0.717, 1.165) is 0 Å². The van der Waals surface area contributed by atoms with Gasteiger partial charge in [-0.2, -0.15) is 0 Å². The van der Waals surface area contributed by atoms with Crippen molar-refractivity contribution < 1.29 is 9.53 Å². The summed E-state index contributed by atoms with van der Waals surface area (Å²) in [4.78, 5) is 10.9. The lowest BCUT2D eigenvalue weighted by molar-refractivity contribution is -0.117. The number of carbonyl (C=O) groups is 1. The molecule has 0 fully saturated rings. The zero-order chi connectivity index (χ0) is 7.40. The van der Waals surface area contributed by atoms with Crippen LogP contribution < -0.4 is 10.6 Å². The first kappa shape index (κ1) is 6.92. The van der Waals surface area contributed by atoms with E-state index in [4.69, 9.17) is 4.74 Å². The Kier molecular flexibility index (Phi) is 2.15. The molecule has 4 nitrogen and oxygen atoms in total. The lowest BCUT2D eigenvalue weighted by Crippen LogP contribution is -2.29. The second-order valence-electron chi connectivity index (χ2n) is 1.88. The summed E-state index contributed by atoms with van der Waals surface area (Å²) < 4.78 is 4.79. The molecule has 0 saturated carbocycles. The summed E-state index contributed by atoms with van der Waals surface area (Å²) >= 11 is 0. The van der Waals surface area contributed by atoms with Crippen molar-refractivity contribution in [1.29, 1.82) is 0 Å². The van der Waals surface area contributed by atoms with Crippen molar-refractivity contribution in [3.8, 4) is 0 Å². The number of hydrogen-bond acceptors (Lipinski definition) is 3. The van der Waals surface area contributed by atoms with Crippen molar-refractivity contribution in [3.05, 3.63) is 12.0 Å². The fraction of sp³-hybridized carbons (Fsp3) is 0.500. The molecule has 0 aromatic heterocycles. The van der Waals surface area contributed by atoms with Crippen LogP contribution in [0, 0.1) is 0 Å². The van der Waals surface area contributed by atoms with E-state index in [-0.39, 0.29) is 5.91 Å². The summed E-state index contributed by atoms with van der Waals surface area (Å²) in [5.74, 6) is -0.111. The molecule has 0 aromatic rings. The summed E-state index contributed by atoms with van der Waals surface area (Å²) in [6.07, 6.45) is 1.42. The van der Waals surface area contributed by atoms with Gasteiger partial charge in [0.1, 0.15) is 12.0 Å². The van der Waals surface area contributed by atoms with Crippen LogP contribution in [0.3, 0.4) is 0 Å². The highest BCUT2D eigenvalue weighted by molar-refractivity contribution is 5.92. The van der Waals surface area contributed by atoms with Gasteiger partial charge in [0.25, 0.3) is 5.91 Å². The van der Waals surface area contributed by atoms with E-state index in [0.29, 0.717) is 19.0 Å². The first-order chi connectivity index (χ1) is 4.84. The minimum Gasteiger partial charge on any atom is -0.479 e. The predicted octanol–water partition coefficient (Wildman–Crippen LogP) is -0.459. The van der Waals surface area contributed by atoms with Gasteiger partial charge in [-0.1, -0.05) is 0 Å². The minimum absolute atomic E-state index is 0.111. The summed E-state index contributed by atoms with van der Waals surface area (Å²) in [7, 11) is 0. The molecule has 0 bridgehead atoms. The Morgan fingerprint density at radius 3 is 3.30 bits per heavy atom. The number of rotatable bonds is 2. The van der Waals surface area contributed by atoms with Crippen LogP contribution in [0.1, 0.15) is 6.92 Å². The molecule has 2 N–H and O–H groups in total. The molecular weight excluding hydrogens is 132 g/mol. The fourth-order valence-electron chi connectivity index (χ4n) is 0.676. The quantitative estimate of drug-likeness (QED) is 0.548. The van der Waals surface area contributed by atoms with Gasteiger partial charge in [0.15, 0.2) is 6.73 Å². The van der Waals surface area contributed by atoms with E-state index in [1.54, 1.807) is 0 Å². The van der Waals surface area contributed by atoms with Gasteiger partial charge in [-0.3, -0.25) is 4.79 Å². The summed E-state index contributed by atoms with van der Waals surface area (Å²) in [6.45, 7) is 2.90. The Hall–Kier alpha value is -1.19. The molecule has 56 valence electrons. The van der Waals surface area contributed by atoms with Gasteiger partial charge in [-0.15, -0.1) is 0 Å². The molecule has 1 rings (SSSR count). The number of nitrogens with one attached hydrogen (secondary N) is 2. The van der Waals surface area contributed by atoms with Gasteiger partial charge < -0.3 is 15.4 Å². The van der Waals surface area contributed by atoms with Crippen molar-refractivity contribution in [1.82, 2.24) is 10.6 Å². The van der Waals surface area contributed by atoms with Crippen LogP contribution in [-0.4, -0.2) is 19.2 Å². The van der Waals surface area contributed by atoms with Crippen molar-refractivity contribution in [2.75, 3.05) is 13.3 Å². The predicted molar refractivity (Wildman–Crippen MR) is 35.9 cm³/mol. The largest absolute Gasteiger partial charge is 0.479 e. The van der Waals surface area contributed by atoms with E-state index >= 15 is 0 Å². The topological polar surface area (TPSA) is 50.4 Å². The Bertz CT molecular complexity index is 165. The summed E-state index contributed by atoms with van der Waals surface area (Å²) in [6, 6.07) is 0. The third-order valence-corrected chi connectivity index (χ3v) is 1.13. The first-order valence-electron chi connectivity index (χ1n) is 3.18. The first-order valence-corrected chi connectivity index (χ1v) is 3.18. The Morgan fingerprint density at radius 1 is 2.00 bits per heavy atom. The van der Waals surface area contributed by atoms with Crippen LogP contribution in [0.25, 0.3) is 0 Å². The molecule has 0 unspecified atom stereocenters. The third kappa shape index (κ3) is 1.40. The second-order valence-corrected chi connectivity index (χ2v) is 1.88. The van der Waals surface area contributed by atoms with E-state index in [1.165, 1.54) is 6.26 Å². The van der Waals surface area contributed by atoms with E-state index in [1.807, 2.05) is 6.92 Å². The normalized spacial score (nSPS) is 15.1. The van der Waals surface area contributed by atoms with Crippen LogP contribution in [0.15, 0.2) is 12.0 Å². The van der Waals surface area contributed by atoms with Crippen molar-refractivity contribution in [3.63, 3.8) is 0 Å². The molecule has 4 heteroatoms. The molecule has 0 atom stereocenters. The maximum atomic E-state index is 10.9. The third-order valence-electron chi connectivity index (χ3n) is 1.13. The molecule has 1 aliphatic heterocycles. The smallest absolute Gasteiger partial charge is 0.270 e. The molecule has 1 amide bonds. The number of hydrogen-bond donors (Lipinski definition) is 2. The lowest BCUT2D eigenvalue weighted by Gasteiger charge is -2.00. The summed E-state index contributed by atoms with van der Waals surface area (Å²) in [5, 5.41) is 5.41. The maximum absolute atomic E-state index is 10.9. The lowest BCUT2D eigenvalue weighted by atomic mass is 10.4. The Morgan fingerprint density at radius 2 is 2.80 bits per heavy atom. The molecule has 1 heterocycles. The molecule has 0 spiro atoms. The van der Waals surface area contributed by atoms with Gasteiger partial charge >= 0.3 is 0 Å². The second kappa shape index (κ2) is 3.10. The summed E-state index contributed by atoms with van der Waals surface area (Å²) in [5.41, 5.74) is 0.502. The average molecular weight is 142 g/mol. The monoisotopic (exact) mass is 142 g/mol. The highest BCUT2D eigenvalue weighted by Gasteiger charge is 2.11. The van der Waals surface area contributed by atoms with Gasteiger partial charge in [0, 0.05) is 6.54 Å². The highest BCUT2D eigenvalue weighted by Crippen LogP contribution is 1.96. The van der Waals surface area contributed by atoms with Crippen LogP contribution in [0.2, 0.25) is 0 Å². The molecule has 10 heavy (non-hydrogen) atoms. The minimum atomic E-state index is -0.111. The van der Waals surface area contributed by atoms with Crippen molar-refractivity contribution in [2.45, 2.75) is 6.92 Å². The zero-order valence-corrected chi connectivity index (χ0v) is 5.81. The maximum Gasteiger partial charge on any atom is 0.270 e. The van der Waals surface area contributed by atoms with Gasteiger partial charge in [0.05, 0.1) is 0 Å². The number of amides is 1. The van der Waals surface area contributed by atoms with E-state index < -0.39 is 0 Å². The molecule has 0 aliphatic carbocycles. The molecule has 0 saturated heterocycles.